The van der Waals surface area contributed by atoms with E-state index in [9.17, 15) is 8.42 Å². The first-order chi connectivity index (χ1) is 11.0. The van der Waals surface area contributed by atoms with Crippen molar-refractivity contribution in [1.29, 1.82) is 0 Å². The van der Waals surface area contributed by atoms with Gasteiger partial charge in [-0.25, -0.2) is 8.42 Å². The summed E-state index contributed by atoms with van der Waals surface area (Å²) in [5.41, 5.74) is 2.70. The van der Waals surface area contributed by atoms with Crippen LogP contribution in [0.4, 0.5) is 0 Å². The molecule has 1 aromatic heterocycles. The van der Waals surface area contributed by atoms with Gasteiger partial charge in [0.2, 0.25) is 10.0 Å². The maximum absolute atomic E-state index is 12.8. The number of rotatable bonds is 8. The first-order valence-electron chi connectivity index (χ1n) is 7.42. The van der Waals surface area contributed by atoms with Crippen molar-refractivity contribution < 1.29 is 13.2 Å². The molecule has 0 saturated heterocycles. The molecule has 0 fully saturated rings. The molecule has 0 spiro atoms. The lowest BCUT2D eigenvalue weighted by Crippen LogP contribution is -2.34. The molecule has 1 aromatic carbocycles. The molecule has 0 saturated carbocycles. The number of pyridine rings is 1. The third-order valence-electron chi connectivity index (χ3n) is 3.45. The van der Waals surface area contributed by atoms with Crippen LogP contribution in [0.25, 0.3) is 0 Å². The lowest BCUT2D eigenvalue weighted by Gasteiger charge is -2.22. The highest BCUT2D eigenvalue weighted by Gasteiger charge is 2.22. The van der Waals surface area contributed by atoms with Gasteiger partial charge in [-0.2, -0.15) is 4.31 Å². The molecular weight excluding hydrogens is 312 g/mol. The van der Waals surface area contributed by atoms with Crippen LogP contribution in [0.5, 0.6) is 0 Å². The molecule has 0 unspecified atom stereocenters. The summed E-state index contributed by atoms with van der Waals surface area (Å²) in [5, 5.41) is 0. The maximum atomic E-state index is 12.8. The molecule has 0 N–H and O–H groups in total. The summed E-state index contributed by atoms with van der Waals surface area (Å²) >= 11 is 0. The number of ether oxygens (including phenoxy) is 1. The second-order valence-corrected chi connectivity index (χ2v) is 7.40. The maximum Gasteiger partial charge on any atom is 0.218 e. The highest BCUT2D eigenvalue weighted by Crippen LogP contribution is 2.15. The van der Waals surface area contributed by atoms with Crippen molar-refractivity contribution in [2.75, 3.05) is 20.3 Å². The van der Waals surface area contributed by atoms with Crippen LogP contribution in [0.15, 0.2) is 48.8 Å². The normalized spacial score (nSPS) is 11.8. The minimum absolute atomic E-state index is 0.0152. The topological polar surface area (TPSA) is 59.5 Å². The smallest absolute Gasteiger partial charge is 0.218 e. The molecule has 0 atom stereocenters. The average Bonchev–Trinajstić information content (AvgIpc) is 2.52. The molecule has 124 valence electrons. The van der Waals surface area contributed by atoms with Gasteiger partial charge in [0.15, 0.2) is 0 Å². The van der Waals surface area contributed by atoms with Crippen molar-refractivity contribution in [3.05, 3.63) is 65.5 Å². The molecule has 0 amide bonds. The summed E-state index contributed by atoms with van der Waals surface area (Å²) in [6.07, 6.45) is 3.35. The Kier molecular flexibility index (Phi) is 6.27. The van der Waals surface area contributed by atoms with E-state index >= 15 is 0 Å². The van der Waals surface area contributed by atoms with Crippen molar-refractivity contribution in [3.63, 3.8) is 0 Å². The van der Waals surface area contributed by atoms with Gasteiger partial charge < -0.3 is 4.74 Å². The van der Waals surface area contributed by atoms with Crippen LogP contribution >= 0.6 is 0 Å². The molecule has 0 aliphatic heterocycles. The van der Waals surface area contributed by atoms with E-state index < -0.39 is 10.0 Å². The van der Waals surface area contributed by atoms with E-state index in [1.807, 2.05) is 37.3 Å². The molecule has 0 aliphatic rings. The number of methoxy groups -OCH3 is 1. The Labute approximate surface area is 138 Å². The predicted molar refractivity (Wildman–Crippen MR) is 90.3 cm³/mol. The van der Waals surface area contributed by atoms with Crippen LogP contribution in [0.1, 0.15) is 16.7 Å². The Morgan fingerprint density at radius 3 is 2.61 bits per heavy atom. The molecule has 2 rings (SSSR count). The second kappa shape index (κ2) is 8.19. The fraction of sp³-hybridized carbons (Fsp3) is 0.353. The average molecular weight is 334 g/mol. The first kappa shape index (κ1) is 17.6. The third kappa shape index (κ3) is 5.42. The van der Waals surface area contributed by atoms with E-state index in [2.05, 4.69) is 4.98 Å². The van der Waals surface area contributed by atoms with E-state index in [1.54, 1.807) is 25.6 Å². The molecule has 6 heteroatoms. The summed E-state index contributed by atoms with van der Waals surface area (Å²) in [4.78, 5) is 4.04. The summed E-state index contributed by atoms with van der Waals surface area (Å²) in [6.45, 7) is 2.92. The Morgan fingerprint density at radius 2 is 1.96 bits per heavy atom. The van der Waals surface area contributed by atoms with Gasteiger partial charge in [0.25, 0.3) is 0 Å². The van der Waals surface area contributed by atoms with E-state index in [0.717, 1.165) is 16.7 Å². The van der Waals surface area contributed by atoms with Crippen molar-refractivity contribution >= 4 is 10.0 Å². The van der Waals surface area contributed by atoms with Gasteiger partial charge in [0.05, 0.1) is 12.4 Å². The van der Waals surface area contributed by atoms with Crippen LogP contribution < -0.4 is 0 Å². The highest BCUT2D eigenvalue weighted by atomic mass is 32.2. The van der Waals surface area contributed by atoms with Gasteiger partial charge in [0, 0.05) is 32.6 Å². The van der Waals surface area contributed by atoms with E-state index in [4.69, 9.17) is 4.74 Å². The fourth-order valence-corrected chi connectivity index (χ4v) is 3.79. The zero-order valence-electron chi connectivity index (χ0n) is 13.5. The van der Waals surface area contributed by atoms with E-state index in [0.29, 0.717) is 19.7 Å². The number of hydrogen-bond donors (Lipinski definition) is 0. The van der Waals surface area contributed by atoms with Gasteiger partial charge in [-0.3, -0.25) is 4.98 Å². The zero-order valence-corrected chi connectivity index (χ0v) is 14.3. The first-order valence-corrected chi connectivity index (χ1v) is 9.03. The quantitative estimate of drug-likeness (QED) is 0.744. The number of sulfonamides is 1. The van der Waals surface area contributed by atoms with Gasteiger partial charge >= 0.3 is 0 Å². The standard InChI is InChI=1S/C17H22N2O3S/c1-15-5-3-6-16(11-15)14-23(20,21)19(9-10-22-2)13-17-7-4-8-18-12-17/h3-8,11-12H,9-10,13-14H2,1-2H3. The van der Waals surface area contributed by atoms with Crippen LogP contribution in [-0.4, -0.2) is 38.0 Å². The minimum Gasteiger partial charge on any atom is -0.383 e. The molecule has 1 heterocycles. The minimum atomic E-state index is -3.44. The second-order valence-electron chi connectivity index (χ2n) is 5.43. The lowest BCUT2D eigenvalue weighted by atomic mass is 10.2. The van der Waals surface area contributed by atoms with Crippen molar-refractivity contribution in [2.45, 2.75) is 19.2 Å². The van der Waals surface area contributed by atoms with Crippen molar-refractivity contribution in [3.8, 4) is 0 Å². The monoisotopic (exact) mass is 334 g/mol. The van der Waals surface area contributed by atoms with Gasteiger partial charge in [-0.15, -0.1) is 0 Å². The highest BCUT2D eigenvalue weighted by molar-refractivity contribution is 7.88. The number of aromatic nitrogens is 1. The lowest BCUT2D eigenvalue weighted by molar-refractivity contribution is 0.177. The molecule has 0 radical (unpaired) electrons. The largest absolute Gasteiger partial charge is 0.383 e. The van der Waals surface area contributed by atoms with Crippen molar-refractivity contribution in [2.24, 2.45) is 0 Å². The Morgan fingerprint density at radius 1 is 1.17 bits per heavy atom. The number of hydrogen-bond acceptors (Lipinski definition) is 4. The third-order valence-corrected chi connectivity index (χ3v) is 5.25. The summed E-state index contributed by atoms with van der Waals surface area (Å²) in [7, 11) is -1.87. The van der Waals surface area contributed by atoms with Gasteiger partial charge in [0.1, 0.15) is 0 Å². The summed E-state index contributed by atoms with van der Waals surface area (Å²) < 4.78 is 32.1. The van der Waals surface area contributed by atoms with Crippen LogP contribution in [0, 0.1) is 6.92 Å². The van der Waals surface area contributed by atoms with Crippen LogP contribution in [0.3, 0.4) is 0 Å². The summed E-state index contributed by atoms with van der Waals surface area (Å²) in [5.74, 6) is -0.0152. The molecule has 23 heavy (non-hydrogen) atoms. The summed E-state index contributed by atoms with van der Waals surface area (Å²) in [6, 6.07) is 11.2. The SMILES string of the molecule is COCCN(Cc1cccnc1)S(=O)(=O)Cc1cccc(C)c1. The molecule has 2 aromatic rings. The van der Waals surface area contributed by atoms with Crippen LogP contribution in [-0.2, 0) is 27.1 Å². The van der Waals surface area contributed by atoms with Gasteiger partial charge in [-0.1, -0.05) is 35.9 Å². The molecule has 5 nitrogen and oxygen atoms in total. The Hall–Kier alpha value is -1.76. The zero-order chi connectivity index (χ0) is 16.7. The fourth-order valence-electron chi connectivity index (χ4n) is 2.31. The van der Waals surface area contributed by atoms with Crippen molar-refractivity contribution in [1.82, 2.24) is 9.29 Å². The number of aryl methyl sites for hydroxylation is 1. The van der Waals surface area contributed by atoms with Gasteiger partial charge in [-0.05, 0) is 24.1 Å². The predicted octanol–water partition coefficient (Wildman–Crippen LogP) is 2.37. The van der Waals surface area contributed by atoms with E-state index in [-0.39, 0.29) is 5.75 Å². The molecular formula is C17H22N2O3S. The molecule has 0 aliphatic carbocycles. The van der Waals surface area contributed by atoms with E-state index in [1.165, 1.54) is 4.31 Å². The number of nitrogens with zero attached hydrogens (tertiary/aromatic N) is 2. The van der Waals surface area contributed by atoms with Crippen LogP contribution in [0.2, 0.25) is 0 Å². The Balaban J connectivity index is 2.18. The Bertz CT molecular complexity index is 718. The number of benzene rings is 1. The molecule has 0 bridgehead atoms.